The van der Waals surface area contributed by atoms with Crippen LogP contribution in [0.15, 0.2) is 40.3 Å². The first-order valence-corrected chi connectivity index (χ1v) is 5.80. The number of hydrogen-bond donors (Lipinski definition) is 1. The van der Waals surface area contributed by atoms with Crippen LogP contribution in [0.1, 0.15) is 18.5 Å². The first-order valence-electron chi connectivity index (χ1n) is 4.82. The van der Waals surface area contributed by atoms with Gasteiger partial charge in [-0.05, 0) is 12.5 Å². The van der Waals surface area contributed by atoms with Gasteiger partial charge in [-0.1, -0.05) is 42.1 Å². The lowest BCUT2D eigenvalue weighted by Crippen LogP contribution is -2.06. The molecule has 1 aromatic carbocycles. The van der Waals surface area contributed by atoms with Gasteiger partial charge in [0.25, 0.3) is 0 Å². The van der Waals surface area contributed by atoms with Crippen molar-refractivity contribution in [1.29, 1.82) is 0 Å². The van der Waals surface area contributed by atoms with Crippen molar-refractivity contribution in [3.63, 3.8) is 0 Å². The van der Waals surface area contributed by atoms with E-state index in [1.807, 2.05) is 18.2 Å². The highest BCUT2D eigenvalue weighted by molar-refractivity contribution is 8.14. The van der Waals surface area contributed by atoms with Gasteiger partial charge in [-0.3, -0.25) is 4.99 Å². The molecule has 1 atom stereocenters. The molecule has 15 heavy (non-hydrogen) atoms. The second-order valence-electron chi connectivity index (χ2n) is 3.40. The van der Waals surface area contributed by atoms with E-state index in [2.05, 4.69) is 22.1 Å². The normalized spacial score (nSPS) is 21.5. The van der Waals surface area contributed by atoms with Crippen molar-refractivity contribution in [2.45, 2.75) is 13.0 Å². The largest absolute Gasteiger partial charge is 0.387 e. The first-order chi connectivity index (χ1) is 7.25. The standard InChI is InChI=1S/C11H13N3S/c1-8(12)13-11-14-10(7-15-11)9-5-3-2-4-6-9/h2-6,10H,7H2,1H3,(H2,12,13,14). The topological polar surface area (TPSA) is 50.7 Å². The summed E-state index contributed by atoms with van der Waals surface area (Å²) in [6, 6.07) is 10.5. The zero-order chi connectivity index (χ0) is 10.7. The van der Waals surface area contributed by atoms with Crippen LogP contribution in [0, 0.1) is 0 Å². The van der Waals surface area contributed by atoms with Crippen molar-refractivity contribution in [2.24, 2.45) is 15.7 Å². The van der Waals surface area contributed by atoms with Crippen molar-refractivity contribution in [3.05, 3.63) is 35.9 Å². The van der Waals surface area contributed by atoms with E-state index in [1.54, 1.807) is 18.7 Å². The smallest absolute Gasteiger partial charge is 0.185 e. The van der Waals surface area contributed by atoms with Crippen LogP contribution in [-0.4, -0.2) is 16.8 Å². The molecule has 0 bridgehead atoms. The van der Waals surface area contributed by atoms with Crippen molar-refractivity contribution >= 4 is 22.8 Å². The Morgan fingerprint density at radius 1 is 1.47 bits per heavy atom. The number of aliphatic imine (C=N–C) groups is 2. The summed E-state index contributed by atoms with van der Waals surface area (Å²) in [5.74, 6) is 1.52. The molecular formula is C11H13N3S. The number of thioether (sulfide) groups is 1. The van der Waals surface area contributed by atoms with Gasteiger partial charge in [0, 0.05) is 5.75 Å². The van der Waals surface area contributed by atoms with Crippen LogP contribution in [0.2, 0.25) is 0 Å². The van der Waals surface area contributed by atoms with Crippen LogP contribution in [0.4, 0.5) is 0 Å². The van der Waals surface area contributed by atoms with Crippen LogP contribution >= 0.6 is 11.8 Å². The molecular weight excluding hydrogens is 206 g/mol. The molecule has 0 aliphatic carbocycles. The zero-order valence-corrected chi connectivity index (χ0v) is 9.37. The van der Waals surface area contributed by atoms with Crippen LogP contribution in [0.3, 0.4) is 0 Å². The highest BCUT2D eigenvalue weighted by atomic mass is 32.2. The average molecular weight is 219 g/mol. The Kier molecular flexibility index (Phi) is 3.06. The van der Waals surface area contributed by atoms with Gasteiger partial charge in [0.15, 0.2) is 5.17 Å². The molecule has 1 aliphatic heterocycles. The number of hydrogen-bond acceptors (Lipinski definition) is 3. The minimum absolute atomic E-state index is 0.231. The highest BCUT2D eigenvalue weighted by Gasteiger charge is 2.19. The predicted octanol–water partition coefficient (Wildman–Crippen LogP) is 2.21. The van der Waals surface area contributed by atoms with E-state index in [1.165, 1.54) is 5.56 Å². The van der Waals surface area contributed by atoms with Gasteiger partial charge in [-0.25, -0.2) is 4.99 Å². The van der Waals surface area contributed by atoms with E-state index < -0.39 is 0 Å². The summed E-state index contributed by atoms with van der Waals surface area (Å²) in [6.45, 7) is 1.78. The van der Waals surface area contributed by atoms with E-state index >= 15 is 0 Å². The van der Waals surface area contributed by atoms with Gasteiger partial charge in [-0.15, -0.1) is 0 Å². The Hall–Kier alpha value is -1.29. The summed E-state index contributed by atoms with van der Waals surface area (Å²) < 4.78 is 0. The van der Waals surface area contributed by atoms with Crippen LogP contribution < -0.4 is 5.73 Å². The van der Waals surface area contributed by atoms with Gasteiger partial charge < -0.3 is 5.73 Å². The number of rotatable bonds is 1. The van der Waals surface area contributed by atoms with E-state index in [0.29, 0.717) is 5.84 Å². The molecule has 1 aliphatic rings. The fourth-order valence-corrected chi connectivity index (χ4v) is 2.40. The summed E-state index contributed by atoms with van der Waals surface area (Å²) in [5, 5.41) is 0.795. The quantitative estimate of drug-likeness (QED) is 0.581. The third kappa shape index (κ3) is 2.59. The summed E-state index contributed by atoms with van der Waals surface area (Å²) in [4.78, 5) is 8.67. The van der Waals surface area contributed by atoms with Crippen LogP contribution in [0.5, 0.6) is 0 Å². The second kappa shape index (κ2) is 4.49. The van der Waals surface area contributed by atoms with Gasteiger partial charge in [0.05, 0.1) is 11.9 Å². The average Bonchev–Trinajstić information content (AvgIpc) is 2.67. The minimum Gasteiger partial charge on any atom is -0.387 e. The van der Waals surface area contributed by atoms with Gasteiger partial charge in [0.2, 0.25) is 0 Å². The molecule has 4 heteroatoms. The molecule has 0 saturated heterocycles. The number of benzene rings is 1. The molecule has 0 amide bonds. The molecule has 1 heterocycles. The third-order valence-electron chi connectivity index (χ3n) is 2.09. The van der Waals surface area contributed by atoms with E-state index in [4.69, 9.17) is 5.73 Å². The predicted molar refractivity (Wildman–Crippen MR) is 66.4 cm³/mol. The first kappa shape index (κ1) is 10.2. The Morgan fingerprint density at radius 3 is 2.87 bits per heavy atom. The lowest BCUT2D eigenvalue weighted by atomic mass is 10.1. The zero-order valence-electron chi connectivity index (χ0n) is 8.55. The fourth-order valence-electron chi connectivity index (χ4n) is 1.42. The van der Waals surface area contributed by atoms with Crippen LogP contribution in [0.25, 0.3) is 0 Å². The van der Waals surface area contributed by atoms with Crippen molar-refractivity contribution in [2.75, 3.05) is 5.75 Å². The van der Waals surface area contributed by atoms with Crippen molar-refractivity contribution in [1.82, 2.24) is 0 Å². The van der Waals surface area contributed by atoms with E-state index in [9.17, 15) is 0 Å². The minimum atomic E-state index is 0.231. The lowest BCUT2D eigenvalue weighted by molar-refractivity contribution is 0.848. The summed E-state index contributed by atoms with van der Waals surface area (Å²) in [5.41, 5.74) is 6.75. The summed E-state index contributed by atoms with van der Waals surface area (Å²) in [7, 11) is 0. The van der Waals surface area contributed by atoms with Gasteiger partial charge in [0.1, 0.15) is 0 Å². The van der Waals surface area contributed by atoms with Crippen molar-refractivity contribution in [3.8, 4) is 0 Å². The second-order valence-corrected chi connectivity index (χ2v) is 4.39. The molecule has 0 radical (unpaired) electrons. The van der Waals surface area contributed by atoms with Crippen molar-refractivity contribution < 1.29 is 0 Å². The number of amidine groups is 2. The maximum atomic E-state index is 5.51. The maximum absolute atomic E-state index is 5.51. The lowest BCUT2D eigenvalue weighted by Gasteiger charge is -2.03. The molecule has 0 aromatic heterocycles. The third-order valence-corrected chi connectivity index (χ3v) is 3.03. The molecule has 0 fully saturated rings. The Morgan fingerprint density at radius 2 is 2.20 bits per heavy atom. The SMILES string of the molecule is C/C(N)=N\C1=NC(c2ccccc2)CS1. The van der Waals surface area contributed by atoms with Gasteiger partial charge in [-0.2, -0.15) is 0 Å². The molecule has 1 aromatic rings. The monoisotopic (exact) mass is 219 g/mol. The fraction of sp³-hybridized carbons (Fsp3) is 0.273. The summed E-state index contributed by atoms with van der Waals surface area (Å²) >= 11 is 1.66. The molecule has 0 spiro atoms. The highest BCUT2D eigenvalue weighted by Crippen LogP contribution is 2.30. The number of nitrogens with two attached hydrogens (primary N) is 1. The Balaban J connectivity index is 2.16. The van der Waals surface area contributed by atoms with E-state index in [0.717, 1.165) is 10.9 Å². The van der Waals surface area contributed by atoms with E-state index in [-0.39, 0.29) is 6.04 Å². The Labute approximate surface area is 93.5 Å². The maximum Gasteiger partial charge on any atom is 0.185 e. The number of nitrogens with zero attached hydrogens (tertiary/aromatic N) is 2. The van der Waals surface area contributed by atoms with Gasteiger partial charge >= 0.3 is 0 Å². The Bertz CT molecular complexity index is 394. The molecule has 3 nitrogen and oxygen atoms in total. The molecule has 2 rings (SSSR count). The molecule has 0 saturated carbocycles. The molecule has 2 N–H and O–H groups in total. The van der Waals surface area contributed by atoms with Crippen LogP contribution in [-0.2, 0) is 0 Å². The molecule has 1 unspecified atom stereocenters. The molecule has 78 valence electrons. The summed E-state index contributed by atoms with van der Waals surface area (Å²) in [6.07, 6.45) is 0.